The third-order valence-electron chi connectivity index (χ3n) is 3.80. The molecule has 0 unspecified atom stereocenters. The number of hydrogen-bond acceptors (Lipinski definition) is 6. The van der Waals surface area contributed by atoms with Crippen LogP contribution in [-0.2, 0) is 20.9 Å². The van der Waals surface area contributed by atoms with Gasteiger partial charge in [-0.3, -0.25) is 9.59 Å². The van der Waals surface area contributed by atoms with Gasteiger partial charge in [-0.1, -0.05) is 12.1 Å². The Morgan fingerprint density at radius 1 is 1.23 bits per heavy atom. The van der Waals surface area contributed by atoms with Crippen molar-refractivity contribution in [2.24, 2.45) is 0 Å². The Kier molecular flexibility index (Phi) is 4.70. The number of carbonyl (C=O) groups is 3. The summed E-state index contributed by atoms with van der Waals surface area (Å²) in [5.41, 5.74) is 1.77. The van der Waals surface area contributed by atoms with Gasteiger partial charge in [0.25, 0.3) is 5.91 Å². The first-order valence-corrected chi connectivity index (χ1v) is 7.68. The number of ether oxygens (including phenoxy) is 2. The van der Waals surface area contributed by atoms with Gasteiger partial charge < -0.3 is 19.9 Å². The second kappa shape index (κ2) is 7.10. The van der Waals surface area contributed by atoms with Gasteiger partial charge in [-0.05, 0) is 30.3 Å². The van der Waals surface area contributed by atoms with Crippen LogP contribution in [0.5, 0.6) is 5.75 Å². The van der Waals surface area contributed by atoms with Gasteiger partial charge in [0.2, 0.25) is 5.78 Å². The molecular weight excluding hydrogens is 338 g/mol. The van der Waals surface area contributed by atoms with Gasteiger partial charge in [-0.25, -0.2) is 4.79 Å². The van der Waals surface area contributed by atoms with Gasteiger partial charge in [-0.15, -0.1) is 0 Å². The first-order valence-electron chi connectivity index (χ1n) is 7.68. The average molecular weight is 353 g/mol. The molecule has 1 aliphatic rings. The molecule has 0 radical (unpaired) electrons. The molecule has 2 aromatic carbocycles. The Balaban J connectivity index is 1.71. The van der Waals surface area contributed by atoms with Crippen LogP contribution in [0, 0.1) is 0 Å². The standard InChI is InChI=1S/C19H15NO6/c1-25-14-4-2-3-11(8-14)16(21)9-17(22)18(23)20-13-5-6-15-12(7-13)10-26-19(15)24/h2-9,21H,10H2,1H3,(H,20,23). The van der Waals surface area contributed by atoms with Crippen molar-refractivity contribution in [1.82, 2.24) is 0 Å². The zero-order chi connectivity index (χ0) is 18.7. The monoisotopic (exact) mass is 353 g/mol. The maximum absolute atomic E-state index is 12.0. The second-order valence-corrected chi connectivity index (χ2v) is 5.53. The third-order valence-corrected chi connectivity index (χ3v) is 3.80. The highest BCUT2D eigenvalue weighted by Crippen LogP contribution is 2.23. The molecular formula is C19H15NO6. The number of anilines is 1. The van der Waals surface area contributed by atoms with Crippen molar-refractivity contribution in [2.75, 3.05) is 12.4 Å². The quantitative estimate of drug-likeness (QED) is 0.371. The zero-order valence-electron chi connectivity index (χ0n) is 13.8. The fourth-order valence-electron chi connectivity index (χ4n) is 2.46. The molecule has 2 aromatic rings. The van der Waals surface area contributed by atoms with Crippen LogP contribution in [0.3, 0.4) is 0 Å². The van der Waals surface area contributed by atoms with Gasteiger partial charge in [0.05, 0.1) is 12.7 Å². The van der Waals surface area contributed by atoms with E-state index < -0.39 is 17.7 Å². The number of carbonyl (C=O) groups excluding carboxylic acids is 3. The number of aliphatic hydroxyl groups excluding tert-OH is 1. The SMILES string of the molecule is COc1cccc(C(O)=CC(=O)C(=O)Nc2ccc3c(c2)COC3=O)c1. The number of ketones is 1. The molecule has 0 aromatic heterocycles. The van der Waals surface area contributed by atoms with Crippen LogP contribution in [0.4, 0.5) is 5.69 Å². The van der Waals surface area contributed by atoms with E-state index in [2.05, 4.69) is 5.32 Å². The Morgan fingerprint density at radius 2 is 2.04 bits per heavy atom. The van der Waals surface area contributed by atoms with E-state index in [1.165, 1.54) is 25.3 Å². The van der Waals surface area contributed by atoms with Crippen molar-refractivity contribution in [3.63, 3.8) is 0 Å². The van der Waals surface area contributed by atoms with Crippen LogP contribution in [0.2, 0.25) is 0 Å². The number of nitrogens with one attached hydrogen (secondary N) is 1. The lowest BCUT2D eigenvalue weighted by Crippen LogP contribution is -2.21. The molecule has 1 heterocycles. The molecule has 7 nitrogen and oxygen atoms in total. The maximum Gasteiger partial charge on any atom is 0.338 e. The lowest BCUT2D eigenvalue weighted by atomic mass is 10.1. The van der Waals surface area contributed by atoms with E-state index in [1.807, 2.05) is 0 Å². The summed E-state index contributed by atoms with van der Waals surface area (Å²) in [6, 6.07) is 11.0. The summed E-state index contributed by atoms with van der Waals surface area (Å²) in [6.45, 7) is 0.127. The third kappa shape index (κ3) is 3.56. The van der Waals surface area contributed by atoms with E-state index >= 15 is 0 Å². The largest absolute Gasteiger partial charge is 0.507 e. The predicted octanol–water partition coefficient (Wildman–Crippen LogP) is 2.47. The van der Waals surface area contributed by atoms with Crippen LogP contribution >= 0.6 is 0 Å². The molecule has 1 amide bonds. The Bertz CT molecular complexity index is 931. The molecule has 2 N–H and O–H groups in total. The molecule has 0 atom stereocenters. The number of methoxy groups -OCH3 is 1. The Morgan fingerprint density at radius 3 is 2.81 bits per heavy atom. The van der Waals surface area contributed by atoms with Crippen molar-refractivity contribution in [3.05, 3.63) is 65.2 Å². The van der Waals surface area contributed by atoms with Gasteiger partial charge in [0, 0.05) is 22.9 Å². The van der Waals surface area contributed by atoms with Gasteiger partial charge in [0.1, 0.15) is 18.1 Å². The van der Waals surface area contributed by atoms with Crippen molar-refractivity contribution in [3.8, 4) is 5.75 Å². The maximum atomic E-state index is 12.0. The summed E-state index contributed by atoms with van der Waals surface area (Å²) < 4.78 is 9.92. The lowest BCUT2D eigenvalue weighted by molar-refractivity contribution is -0.131. The number of amides is 1. The van der Waals surface area contributed by atoms with Gasteiger partial charge >= 0.3 is 5.97 Å². The highest BCUT2D eigenvalue weighted by molar-refractivity contribution is 6.45. The molecule has 0 aliphatic carbocycles. The van der Waals surface area contributed by atoms with Crippen LogP contribution in [0.1, 0.15) is 21.5 Å². The number of cyclic esters (lactones) is 1. The first-order chi connectivity index (χ1) is 12.5. The van der Waals surface area contributed by atoms with E-state index in [0.29, 0.717) is 28.1 Å². The minimum atomic E-state index is -0.918. The molecule has 1 aliphatic heterocycles. The molecule has 3 rings (SSSR count). The highest BCUT2D eigenvalue weighted by Gasteiger charge is 2.22. The Hall–Kier alpha value is -3.61. The summed E-state index contributed by atoms with van der Waals surface area (Å²) in [5.74, 6) is -2.09. The molecule has 0 saturated heterocycles. The molecule has 7 heteroatoms. The van der Waals surface area contributed by atoms with Crippen molar-refractivity contribution < 1.29 is 29.0 Å². The number of benzene rings is 2. The predicted molar refractivity (Wildman–Crippen MR) is 92.8 cm³/mol. The molecule has 0 bridgehead atoms. The van der Waals surface area contributed by atoms with Crippen LogP contribution in [0.25, 0.3) is 5.76 Å². The van der Waals surface area contributed by atoms with E-state index in [-0.39, 0.29) is 12.4 Å². The van der Waals surface area contributed by atoms with Crippen LogP contribution in [-0.4, -0.2) is 29.9 Å². The van der Waals surface area contributed by atoms with E-state index in [0.717, 1.165) is 6.08 Å². The van der Waals surface area contributed by atoms with Crippen molar-refractivity contribution in [1.29, 1.82) is 0 Å². The van der Waals surface area contributed by atoms with Gasteiger partial charge in [-0.2, -0.15) is 0 Å². The molecule has 26 heavy (non-hydrogen) atoms. The minimum Gasteiger partial charge on any atom is -0.507 e. The number of fused-ring (bicyclic) bond motifs is 1. The summed E-state index contributed by atoms with van der Waals surface area (Å²) in [6.07, 6.45) is 0.837. The van der Waals surface area contributed by atoms with Crippen molar-refractivity contribution >= 4 is 29.1 Å². The first kappa shape index (κ1) is 17.2. The Labute approximate surface area is 148 Å². The molecule has 0 saturated carbocycles. The topological polar surface area (TPSA) is 102 Å². The smallest absolute Gasteiger partial charge is 0.338 e. The number of esters is 1. The zero-order valence-corrected chi connectivity index (χ0v) is 13.8. The van der Waals surface area contributed by atoms with Crippen LogP contribution in [0.15, 0.2) is 48.5 Å². The highest BCUT2D eigenvalue weighted by atomic mass is 16.5. The normalized spacial score (nSPS) is 13.0. The average Bonchev–Trinajstić information content (AvgIpc) is 3.02. The molecule has 0 spiro atoms. The minimum absolute atomic E-state index is 0.127. The fourth-order valence-corrected chi connectivity index (χ4v) is 2.46. The lowest BCUT2D eigenvalue weighted by Gasteiger charge is -2.05. The number of hydrogen-bond donors (Lipinski definition) is 2. The van der Waals surface area contributed by atoms with E-state index in [4.69, 9.17) is 9.47 Å². The summed E-state index contributed by atoms with van der Waals surface area (Å²) in [5, 5.41) is 12.5. The molecule has 0 fully saturated rings. The fraction of sp³-hybridized carbons (Fsp3) is 0.105. The second-order valence-electron chi connectivity index (χ2n) is 5.53. The summed E-state index contributed by atoms with van der Waals surface area (Å²) >= 11 is 0. The van der Waals surface area contributed by atoms with E-state index in [1.54, 1.807) is 24.3 Å². The number of rotatable bonds is 5. The molecule has 132 valence electrons. The van der Waals surface area contributed by atoms with Crippen molar-refractivity contribution in [2.45, 2.75) is 6.61 Å². The number of aliphatic hydroxyl groups is 1. The summed E-state index contributed by atoms with van der Waals surface area (Å²) in [4.78, 5) is 35.4. The van der Waals surface area contributed by atoms with E-state index in [9.17, 15) is 19.5 Å². The van der Waals surface area contributed by atoms with Gasteiger partial charge in [0.15, 0.2) is 0 Å². The summed E-state index contributed by atoms with van der Waals surface area (Å²) in [7, 11) is 1.48. The van der Waals surface area contributed by atoms with Crippen LogP contribution < -0.4 is 10.1 Å².